The number of hydrogen-bond acceptors (Lipinski definition) is 5. The number of aromatic nitrogens is 1. The number of piperazine rings is 1. The van der Waals surface area contributed by atoms with Crippen LogP contribution in [0.5, 0.6) is 5.75 Å². The molecule has 0 N–H and O–H groups in total. The van der Waals surface area contributed by atoms with Crippen LogP contribution in [0.2, 0.25) is 0 Å². The van der Waals surface area contributed by atoms with Gasteiger partial charge in [-0.1, -0.05) is 12.1 Å². The summed E-state index contributed by atoms with van der Waals surface area (Å²) < 4.78 is 5.69. The number of fused-ring (bicyclic) bond motifs is 1. The van der Waals surface area contributed by atoms with Crippen molar-refractivity contribution in [3.63, 3.8) is 0 Å². The van der Waals surface area contributed by atoms with Gasteiger partial charge in [-0.05, 0) is 54.7 Å². The lowest BCUT2D eigenvalue weighted by molar-refractivity contribution is -0.136. The number of nitrogens with zero attached hydrogens (tertiary/aromatic N) is 4. The maximum atomic E-state index is 12.4. The maximum Gasteiger partial charge on any atom is 0.260 e. The molecular weight excluding hydrogens is 428 g/mol. The molecule has 2 aliphatic carbocycles. The molecule has 1 aromatic heterocycles. The number of anilines is 1. The van der Waals surface area contributed by atoms with Gasteiger partial charge in [0.2, 0.25) is 5.91 Å². The number of carbonyl (C=O) groups excluding carboxylic acids is 2. The molecule has 176 valence electrons. The molecule has 7 heteroatoms. The first kappa shape index (κ1) is 21.2. The van der Waals surface area contributed by atoms with E-state index in [0.29, 0.717) is 17.6 Å². The number of amides is 2. The number of ether oxygens (including phenoxy) is 1. The fraction of sp³-hybridized carbons (Fsp3) is 0.444. The van der Waals surface area contributed by atoms with Crippen LogP contribution in [0.1, 0.15) is 36.1 Å². The van der Waals surface area contributed by atoms with E-state index in [2.05, 4.69) is 34.2 Å². The molecule has 3 fully saturated rings. The predicted octanol–water partition coefficient (Wildman–Crippen LogP) is 2.85. The fourth-order valence-corrected chi connectivity index (χ4v) is 4.99. The summed E-state index contributed by atoms with van der Waals surface area (Å²) in [5.74, 6) is 1.41. The molecule has 4 aliphatic rings. The van der Waals surface area contributed by atoms with Crippen molar-refractivity contribution in [3.05, 3.63) is 53.3 Å². The molecule has 2 saturated heterocycles. The van der Waals surface area contributed by atoms with Crippen molar-refractivity contribution in [2.45, 2.75) is 25.7 Å². The highest BCUT2D eigenvalue weighted by atomic mass is 16.5. The molecular formula is C27H30N4O3. The van der Waals surface area contributed by atoms with Crippen LogP contribution in [0.4, 0.5) is 5.69 Å². The second kappa shape index (κ2) is 8.78. The molecule has 1 saturated carbocycles. The van der Waals surface area contributed by atoms with Gasteiger partial charge >= 0.3 is 0 Å². The SMILES string of the molecule is O=C(COc1ccc(C2=Cc3c(N4CCN(C(=O)C5CC5)CC4)ccnc3C2)cc1)N1CCC1. The molecule has 0 radical (unpaired) electrons. The molecule has 7 nitrogen and oxygen atoms in total. The molecule has 2 aromatic rings. The normalized spacial score (nSPS) is 19.4. The van der Waals surface area contributed by atoms with Gasteiger partial charge in [0.05, 0.1) is 5.69 Å². The Morgan fingerprint density at radius 2 is 1.71 bits per heavy atom. The van der Waals surface area contributed by atoms with E-state index >= 15 is 0 Å². The Morgan fingerprint density at radius 1 is 0.941 bits per heavy atom. The van der Waals surface area contributed by atoms with Crippen molar-refractivity contribution in [1.29, 1.82) is 0 Å². The van der Waals surface area contributed by atoms with E-state index in [1.165, 1.54) is 16.8 Å². The largest absolute Gasteiger partial charge is 0.484 e. The third-order valence-corrected chi connectivity index (χ3v) is 7.38. The van der Waals surface area contributed by atoms with Crippen LogP contribution in [-0.4, -0.2) is 72.5 Å². The van der Waals surface area contributed by atoms with Crippen LogP contribution < -0.4 is 9.64 Å². The van der Waals surface area contributed by atoms with Gasteiger partial charge in [-0.15, -0.1) is 0 Å². The third-order valence-electron chi connectivity index (χ3n) is 7.38. The van der Waals surface area contributed by atoms with E-state index < -0.39 is 0 Å². The predicted molar refractivity (Wildman–Crippen MR) is 130 cm³/mol. The summed E-state index contributed by atoms with van der Waals surface area (Å²) in [4.78, 5) is 35.3. The molecule has 2 aliphatic heterocycles. The summed E-state index contributed by atoms with van der Waals surface area (Å²) >= 11 is 0. The number of likely N-dealkylation sites (tertiary alicyclic amines) is 1. The summed E-state index contributed by atoms with van der Waals surface area (Å²) in [6.45, 7) is 5.11. The Kier molecular flexibility index (Phi) is 5.47. The zero-order valence-electron chi connectivity index (χ0n) is 19.4. The highest BCUT2D eigenvalue weighted by molar-refractivity contribution is 5.92. The van der Waals surface area contributed by atoms with Gasteiger partial charge in [0.25, 0.3) is 5.91 Å². The second-order valence-electron chi connectivity index (χ2n) is 9.67. The molecule has 2 amide bonds. The average Bonchev–Trinajstić information content (AvgIpc) is 3.59. The van der Waals surface area contributed by atoms with Gasteiger partial charge in [0.1, 0.15) is 5.75 Å². The number of benzene rings is 1. The average molecular weight is 459 g/mol. The minimum Gasteiger partial charge on any atom is -0.484 e. The molecule has 6 rings (SSSR count). The van der Waals surface area contributed by atoms with Crippen molar-refractivity contribution >= 4 is 29.2 Å². The third kappa shape index (κ3) is 4.15. The van der Waals surface area contributed by atoms with Crippen molar-refractivity contribution in [3.8, 4) is 5.75 Å². The van der Waals surface area contributed by atoms with E-state index in [0.717, 1.165) is 76.2 Å². The summed E-state index contributed by atoms with van der Waals surface area (Å²) in [6.07, 6.45) is 8.17. The highest BCUT2D eigenvalue weighted by Gasteiger charge is 2.35. The van der Waals surface area contributed by atoms with Crippen LogP contribution in [0.3, 0.4) is 0 Å². The number of carbonyl (C=O) groups is 2. The van der Waals surface area contributed by atoms with Gasteiger partial charge in [0.15, 0.2) is 6.61 Å². The van der Waals surface area contributed by atoms with Gasteiger partial charge in [-0.3, -0.25) is 14.6 Å². The molecule has 0 spiro atoms. The molecule has 1 aromatic carbocycles. The summed E-state index contributed by atoms with van der Waals surface area (Å²) in [7, 11) is 0. The summed E-state index contributed by atoms with van der Waals surface area (Å²) in [6, 6.07) is 10.1. The topological polar surface area (TPSA) is 66.0 Å². The van der Waals surface area contributed by atoms with Gasteiger partial charge in [-0.25, -0.2) is 0 Å². The Hall–Kier alpha value is -3.35. The minimum atomic E-state index is 0.0561. The minimum absolute atomic E-state index is 0.0561. The Bertz CT molecular complexity index is 1130. The molecule has 34 heavy (non-hydrogen) atoms. The quantitative estimate of drug-likeness (QED) is 0.666. The second-order valence-corrected chi connectivity index (χ2v) is 9.67. The van der Waals surface area contributed by atoms with Crippen molar-refractivity contribution in [2.24, 2.45) is 5.92 Å². The summed E-state index contributed by atoms with van der Waals surface area (Å²) in [5, 5.41) is 0. The van der Waals surface area contributed by atoms with E-state index in [-0.39, 0.29) is 12.5 Å². The zero-order chi connectivity index (χ0) is 23.1. The van der Waals surface area contributed by atoms with Gasteiger partial charge < -0.3 is 19.4 Å². The number of pyridine rings is 1. The van der Waals surface area contributed by atoms with Crippen LogP contribution in [0.25, 0.3) is 11.6 Å². The zero-order valence-corrected chi connectivity index (χ0v) is 19.4. The first-order valence-corrected chi connectivity index (χ1v) is 12.4. The van der Waals surface area contributed by atoms with Crippen molar-refractivity contribution < 1.29 is 14.3 Å². The van der Waals surface area contributed by atoms with Crippen LogP contribution in [0, 0.1) is 5.92 Å². The monoisotopic (exact) mass is 458 g/mol. The molecule has 0 bridgehead atoms. The van der Waals surface area contributed by atoms with Crippen LogP contribution in [0.15, 0.2) is 36.5 Å². The Balaban J connectivity index is 1.11. The van der Waals surface area contributed by atoms with Crippen molar-refractivity contribution in [1.82, 2.24) is 14.8 Å². The maximum absolute atomic E-state index is 12.4. The highest BCUT2D eigenvalue weighted by Crippen LogP contribution is 2.37. The smallest absolute Gasteiger partial charge is 0.260 e. The van der Waals surface area contributed by atoms with Crippen LogP contribution in [-0.2, 0) is 16.0 Å². The number of rotatable bonds is 6. The molecule has 3 heterocycles. The fourth-order valence-electron chi connectivity index (χ4n) is 4.99. The number of hydrogen-bond donors (Lipinski definition) is 0. The number of allylic oxidation sites excluding steroid dienone is 1. The van der Waals surface area contributed by atoms with E-state index in [4.69, 9.17) is 4.74 Å². The van der Waals surface area contributed by atoms with Gasteiger partial charge in [0, 0.05) is 69.1 Å². The molecule has 0 unspecified atom stereocenters. The first-order valence-electron chi connectivity index (χ1n) is 12.4. The van der Waals surface area contributed by atoms with E-state index in [1.54, 1.807) is 0 Å². The van der Waals surface area contributed by atoms with Crippen molar-refractivity contribution in [2.75, 3.05) is 50.8 Å². The Morgan fingerprint density at radius 3 is 2.38 bits per heavy atom. The lowest BCUT2D eigenvalue weighted by Gasteiger charge is -2.37. The van der Waals surface area contributed by atoms with E-state index in [9.17, 15) is 9.59 Å². The lowest BCUT2D eigenvalue weighted by atomic mass is 10.1. The van der Waals surface area contributed by atoms with E-state index in [1.807, 2.05) is 28.1 Å². The lowest BCUT2D eigenvalue weighted by Crippen LogP contribution is -2.49. The van der Waals surface area contributed by atoms with Crippen LogP contribution >= 0.6 is 0 Å². The first-order chi connectivity index (χ1) is 16.7. The Labute approximate surface area is 200 Å². The summed E-state index contributed by atoms with van der Waals surface area (Å²) in [5.41, 5.74) is 5.89. The van der Waals surface area contributed by atoms with Gasteiger partial charge in [-0.2, -0.15) is 0 Å². The standard InChI is InChI=1S/C27H30N4O3/c32-26(30-10-1-11-30)18-34-22-6-4-19(5-7-22)21-16-23-24(17-21)28-9-8-25(23)29-12-14-31(15-13-29)27(33)20-2-3-20/h4-9,16,20H,1-3,10-15,17-18H2. The molecule has 0 atom stereocenters.